The number of likely N-dealkylation sites (N-methyl/N-ethyl adjacent to an activating group) is 1. The Balaban J connectivity index is 1.50. The van der Waals surface area contributed by atoms with Gasteiger partial charge in [0.15, 0.2) is 5.17 Å². The molecule has 1 fully saturated rings. The van der Waals surface area contributed by atoms with Crippen molar-refractivity contribution in [1.29, 1.82) is 0 Å². The van der Waals surface area contributed by atoms with Crippen LogP contribution in [0.2, 0.25) is 0 Å². The summed E-state index contributed by atoms with van der Waals surface area (Å²) in [6.45, 7) is 12.6. The molecule has 3 aromatic carbocycles. The lowest BCUT2D eigenvalue weighted by molar-refractivity contribution is -0.122. The average molecular weight is 522 g/mol. The molecule has 4 nitrogen and oxygen atoms in total. The van der Waals surface area contributed by atoms with Crippen molar-refractivity contribution in [3.05, 3.63) is 106 Å². The number of amidine groups is 1. The number of hydrogen-bond acceptors (Lipinski definition) is 4. The van der Waals surface area contributed by atoms with Gasteiger partial charge in [0.25, 0.3) is 5.91 Å². The molecule has 3 aromatic rings. The molecule has 0 aromatic heterocycles. The molecule has 0 radical (unpaired) electrons. The van der Waals surface area contributed by atoms with Gasteiger partial charge in [-0.25, -0.2) is 4.99 Å². The van der Waals surface area contributed by atoms with Crippen LogP contribution >= 0.6 is 11.8 Å². The average Bonchev–Trinajstić information content (AvgIpc) is 3.18. The summed E-state index contributed by atoms with van der Waals surface area (Å²) in [7, 11) is 0. The number of amides is 1. The lowest BCUT2D eigenvalue weighted by Crippen LogP contribution is -2.44. The minimum atomic E-state index is -0.0302. The summed E-state index contributed by atoms with van der Waals surface area (Å²) in [4.78, 5) is 23.6. The van der Waals surface area contributed by atoms with Gasteiger partial charge < -0.3 is 4.90 Å². The highest BCUT2D eigenvalue weighted by Gasteiger charge is 2.34. The first-order chi connectivity index (χ1) is 18.3. The van der Waals surface area contributed by atoms with Crippen LogP contribution in [0.25, 0.3) is 11.6 Å². The fourth-order valence-electron chi connectivity index (χ4n) is 5.41. The number of benzene rings is 3. The van der Waals surface area contributed by atoms with E-state index < -0.39 is 0 Å². The third kappa shape index (κ3) is 5.21. The summed E-state index contributed by atoms with van der Waals surface area (Å²) >= 11 is 1.47. The standard InChI is InChI=1S/C33H35N3OS/c1-6-36-29-19-23(2)26(20-28(29)24(3)22-33(36,4)5)21-30-31(37)35(18-17-25-13-9-7-10-14-25)32(38-30)34-27-15-11-8-12-16-27/h7-16,19-22H,6,17-18H2,1-5H3/b30-21+,34-32?. The second-order valence-electron chi connectivity index (χ2n) is 10.5. The number of carbonyl (C=O) groups is 1. The van der Waals surface area contributed by atoms with Crippen molar-refractivity contribution in [3.8, 4) is 0 Å². The van der Waals surface area contributed by atoms with Crippen molar-refractivity contribution < 1.29 is 4.79 Å². The van der Waals surface area contributed by atoms with E-state index >= 15 is 0 Å². The molecular weight excluding hydrogens is 486 g/mol. The first-order valence-corrected chi connectivity index (χ1v) is 14.1. The number of allylic oxidation sites excluding steroid dienone is 1. The molecule has 5 heteroatoms. The van der Waals surface area contributed by atoms with Gasteiger partial charge in [0.05, 0.1) is 16.1 Å². The SMILES string of the molecule is CCN1c2cc(C)c(/C=C3/SC(=Nc4ccccc4)N(CCc4ccccc4)C3=O)cc2C(C)=CC1(C)C. The third-order valence-electron chi connectivity index (χ3n) is 7.30. The number of hydrogen-bond donors (Lipinski definition) is 0. The molecule has 1 amide bonds. The number of para-hydroxylation sites is 1. The molecule has 0 atom stereocenters. The largest absolute Gasteiger partial charge is 0.363 e. The van der Waals surface area contributed by atoms with Crippen molar-refractivity contribution in [2.45, 2.75) is 46.6 Å². The molecule has 2 aliphatic rings. The van der Waals surface area contributed by atoms with Crippen LogP contribution in [0.5, 0.6) is 0 Å². The van der Waals surface area contributed by atoms with Gasteiger partial charge in [-0.2, -0.15) is 0 Å². The summed E-state index contributed by atoms with van der Waals surface area (Å²) in [5.41, 5.74) is 8.04. The van der Waals surface area contributed by atoms with Crippen molar-refractivity contribution in [3.63, 3.8) is 0 Å². The topological polar surface area (TPSA) is 35.9 Å². The van der Waals surface area contributed by atoms with Crippen LogP contribution in [0.15, 0.2) is 88.8 Å². The van der Waals surface area contributed by atoms with Crippen molar-refractivity contribution in [2.24, 2.45) is 4.99 Å². The number of thioether (sulfide) groups is 1. The van der Waals surface area contributed by atoms with Crippen LogP contribution in [0, 0.1) is 6.92 Å². The predicted octanol–water partition coefficient (Wildman–Crippen LogP) is 7.86. The van der Waals surface area contributed by atoms with E-state index in [1.54, 1.807) is 0 Å². The minimum absolute atomic E-state index is 0.0151. The first-order valence-electron chi connectivity index (χ1n) is 13.3. The Bertz CT molecular complexity index is 1440. The summed E-state index contributed by atoms with van der Waals surface area (Å²) in [5, 5.41) is 0.731. The van der Waals surface area contributed by atoms with Gasteiger partial charge in [-0.15, -0.1) is 0 Å². The number of carbonyl (C=O) groups excluding carboxylic acids is 1. The van der Waals surface area contributed by atoms with Crippen molar-refractivity contribution >= 4 is 45.9 Å². The predicted molar refractivity (Wildman–Crippen MR) is 163 cm³/mol. The van der Waals surface area contributed by atoms with E-state index in [-0.39, 0.29) is 11.4 Å². The van der Waals surface area contributed by atoms with Crippen LogP contribution in [-0.2, 0) is 11.2 Å². The second kappa shape index (κ2) is 10.7. The Labute approximate surface area is 230 Å². The van der Waals surface area contributed by atoms with Gasteiger partial charge in [-0.1, -0.05) is 54.6 Å². The molecule has 38 heavy (non-hydrogen) atoms. The maximum Gasteiger partial charge on any atom is 0.266 e. The Kier molecular flexibility index (Phi) is 7.31. The lowest BCUT2D eigenvalue weighted by Gasteiger charge is -2.43. The number of fused-ring (bicyclic) bond motifs is 1. The molecule has 0 bridgehead atoms. The monoisotopic (exact) mass is 521 g/mol. The number of aliphatic imine (C=N–C) groups is 1. The summed E-state index contributed by atoms with van der Waals surface area (Å²) in [6, 6.07) is 24.7. The molecule has 0 unspecified atom stereocenters. The van der Waals surface area contributed by atoms with E-state index in [4.69, 9.17) is 4.99 Å². The van der Waals surface area contributed by atoms with Crippen LogP contribution in [0.4, 0.5) is 11.4 Å². The second-order valence-corrected chi connectivity index (χ2v) is 11.5. The smallest absolute Gasteiger partial charge is 0.266 e. The molecule has 5 rings (SSSR count). The molecule has 1 saturated heterocycles. The maximum atomic E-state index is 13.7. The van der Waals surface area contributed by atoms with E-state index in [0.29, 0.717) is 11.4 Å². The number of rotatable bonds is 6. The van der Waals surface area contributed by atoms with E-state index in [1.807, 2.05) is 53.4 Å². The Morgan fingerprint density at radius 1 is 0.974 bits per heavy atom. The van der Waals surface area contributed by atoms with Crippen LogP contribution in [0.3, 0.4) is 0 Å². The molecule has 0 spiro atoms. The van der Waals surface area contributed by atoms with E-state index in [2.05, 4.69) is 75.9 Å². The van der Waals surface area contributed by atoms with Gasteiger partial charge in [-0.05, 0) is 105 Å². The van der Waals surface area contributed by atoms with Gasteiger partial charge in [0, 0.05) is 24.3 Å². The fraction of sp³-hybridized carbons (Fsp3) is 0.273. The van der Waals surface area contributed by atoms with Gasteiger partial charge >= 0.3 is 0 Å². The van der Waals surface area contributed by atoms with E-state index in [9.17, 15) is 4.79 Å². The Morgan fingerprint density at radius 2 is 1.66 bits per heavy atom. The summed E-state index contributed by atoms with van der Waals surface area (Å²) in [5.74, 6) is 0.0151. The van der Waals surface area contributed by atoms with Gasteiger partial charge in [-0.3, -0.25) is 9.69 Å². The zero-order chi connectivity index (χ0) is 26.9. The van der Waals surface area contributed by atoms with E-state index in [1.165, 1.54) is 34.1 Å². The quantitative estimate of drug-likeness (QED) is 0.310. The summed E-state index contributed by atoms with van der Waals surface area (Å²) < 4.78 is 0. The van der Waals surface area contributed by atoms with Crippen LogP contribution in [0.1, 0.15) is 49.9 Å². The molecule has 0 N–H and O–H groups in total. The molecule has 0 aliphatic carbocycles. The normalized spacial score (nSPS) is 18.8. The Morgan fingerprint density at radius 3 is 2.34 bits per heavy atom. The lowest BCUT2D eigenvalue weighted by atomic mass is 9.87. The molecule has 194 valence electrons. The zero-order valence-corrected chi connectivity index (χ0v) is 23.7. The minimum Gasteiger partial charge on any atom is -0.363 e. The highest BCUT2D eigenvalue weighted by Crippen LogP contribution is 2.41. The number of nitrogens with zero attached hydrogens (tertiary/aromatic N) is 3. The number of anilines is 1. The Hall–Kier alpha value is -3.57. The maximum absolute atomic E-state index is 13.7. The third-order valence-corrected chi connectivity index (χ3v) is 8.31. The zero-order valence-electron chi connectivity index (χ0n) is 22.9. The summed E-state index contributed by atoms with van der Waals surface area (Å²) in [6.07, 6.45) is 5.17. The highest BCUT2D eigenvalue weighted by atomic mass is 32.2. The number of aryl methyl sites for hydroxylation is 1. The molecular formula is C33H35N3OS. The fourth-order valence-corrected chi connectivity index (χ4v) is 6.42. The van der Waals surface area contributed by atoms with Gasteiger partial charge in [0.1, 0.15) is 0 Å². The van der Waals surface area contributed by atoms with Gasteiger partial charge in [0.2, 0.25) is 0 Å². The van der Waals surface area contributed by atoms with Crippen molar-refractivity contribution in [1.82, 2.24) is 4.90 Å². The van der Waals surface area contributed by atoms with Crippen LogP contribution in [-0.4, -0.2) is 34.6 Å². The molecule has 2 heterocycles. The highest BCUT2D eigenvalue weighted by molar-refractivity contribution is 8.18. The molecule has 2 aliphatic heterocycles. The van der Waals surface area contributed by atoms with Crippen molar-refractivity contribution in [2.75, 3.05) is 18.0 Å². The first kappa shape index (κ1) is 26.1. The van der Waals surface area contributed by atoms with E-state index in [0.717, 1.165) is 34.9 Å². The molecule has 0 saturated carbocycles. The van der Waals surface area contributed by atoms with Crippen LogP contribution < -0.4 is 4.90 Å².